The van der Waals surface area contributed by atoms with Crippen molar-refractivity contribution in [3.63, 3.8) is 0 Å². The predicted octanol–water partition coefficient (Wildman–Crippen LogP) is 3.02. The van der Waals surface area contributed by atoms with Gasteiger partial charge in [0.05, 0.1) is 13.7 Å². The highest BCUT2D eigenvalue weighted by atomic mass is 19.1. The average molecular weight is 408 g/mol. The number of nitrogens with zero attached hydrogens (tertiary/aromatic N) is 3. The van der Waals surface area contributed by atoms with Crippen molar-refractivity contribution in [1.82, 2.24) is 25.8 Å². The fourth-order valence-corrected chi connectivity index (χ4v) is 3.42. The van der Waals surface area contributed by atoms with Gasteiger partial charge in [-0.05, 0) is 54.8 Å². The minimum Gasteiger partial charge on any atom is -0.497 e. The number of aromatic amines is 1. The molecular formula is C22H25FN6O. The molecule has 0 bridgehead atoms. The zero-order valence-electron chi connectivity index (χ0n) is 17.1. The first-order valence-corrected chi connectivity index (χ1v) is 9.88. The Bertz CT molecular complexity index is 1030. The fourth-order valence-electron chi connectivity index (χ4n) is 3.42. The molecule has 30 heavy (non-hydrogen) atoms. The number of methoxy groups -OCH3 is 1. The number of guanidine groups is 1. The average Bonchev–Trinajstić information content (AvgIpc) is 3.43. The Labute approximate surface area is 174 Å². The van der Waals surface area contributed by atoms with Gasteiger partial charge in [-0.3, -0.25) is 10.1 Å². The zero-order chi connectivity index (χ0) is 21.0. The Balaban J connectivity index is 1.32. The fraction of sp³-hybridized carbons (Fsp3) is 0.318. The number of rotatable bonds is 7. The van der Waals surface area contributed by atoms with E-state index in [4.69, 9.17) is 4.74 Å². The lowest BCUT2D eigenvalue weighted by molar-refractivity contribution is 0.415. The maximum Gasteiger partial charge on any atom is 0.191 e. The number of ether oxygens (including phenoxy) is 1. The zero-order valence-corrected chi connectivity index (χ0v) is 17.1. The maximum atomic E-state index is 13.6. The second-order valence-electron chi connectivity index (χ2n) is 7.40. The Kier molecular flexibility index (Phi) is 5.65. The number of aromatic nitrogens is 3. The van der Waals surface area contributed by atoms with Crippen LogP contribution in [0.4, 0.5) is 4.39 Å². The van der Waals surface area contributed by atoms with Gasteiger partial charge in [0.2, 0.25) is 0 Å². The number of hydrogen-bond donors (Lipinski definition) is 3. The van der Waals surface area contributed by atoms with Crippen molar-refractivity contribution in [2.45, 2.75) is 24.8 Å². The topological polar surface area (TPSA) is 87.2 Å². The van der Waals surface area contributed by atoms with Gasteiger partial charge < -0.3 is 15.4 Å². The SMILES string of the molecule is CN=C(NCc1nc(-c2ccc(OC)cc2)n[nH]1)NCC1(c2cccc(F)c2)CC1. The summed E-state index contributed by atoms with van der Waals surface area (Å²) >= 11 is 0. The standard InChI is InChI=1S/C22H25FN6O/c1-24-21(26-14-22(10-11-22)16-4-3-5-17(23)12-16)25-13-19-27-20(29-28-19)15-6-8-18(30-2)9-7-15/h3-9,12H,10-11,13-14H2,1-2H3,(H2,24,25,26)(H,27,28,29). The molecule has 7 nitrogen and oxygen atoms in total. The summed E-state index contributed by atoms with van der Waals surface area (Å²) < 4.78 is 18.8. The molecule has 0 atom stereocenters. The minimum atomic E-state index is -0.195. The van der Waals surface area contributed by atoms with Crippen molar-refractivity contribution < 1.29 is 9.13 Å². The Morgan fingerprint density at radius 2 is 2.00 bits per heavy atom. The molecule has 1 aromatic heterocycles. The van der Waals surface area contributed by atoms with E-state index in [1.54, 1.807) is 26.3 Å². The first-order chi connectivity index (χ1) is 14.6. The third-order valence-corrected chi connectivity index (χ3v) is 5.41. The molecule has 1 heterocycles. The maximum absolute atomic E-state index is 13.6. The summed E-state index contributed by atoms with van der Waals surface area (Å²) in [4.78, 5) is 8.80. The van der Waals surface area contributed by atoms with Crippen LogP contribution in [0.25, 0.3) is 11.4 Å². The molecule has 3 N–H and O–H groups in total. The van der Waals surface area contributed by atoms with Crippen molar-refractivity contribution in [2.75, 3.05) is 20.7 Å². The summed E-state index contributed by atoms with van der Waals surface area (Å²) in [7, 11) is 3.36. The Morgan fingerprint density at radius 3 is 2.67 bits per heavy atom. The molecule has 0 amide bonds. The number of hydrogen-bond acceptors (Lipinski definition) is 4. The van der Waals surface area contributed by atoms with Crippen LogP contribution in [0.2, 0.25) is 0 Å². The van der Waals surface area contributed by atoms with E-state index in [0.717, 1.165) is 29.7 Å². The van der Waals surface area contributed by atoms with Crippen LogP contribution in [0.5, 0.6) is 5.75 Å². The molecule has 0 radical (unpaired) electrons. The van der Waals surface area contributed by atoms with Crippen LogP contribution in [0.3, 0.4) is 0 Å². The summed E-state index contributed by atoms with van der Waals surface area (Å²) in [6, 6.07) is 14.4. The van der Waals surface area contributed by atoms with Crippen LogP contribution in [-0.4, -0.2) is 41.8 Å². The normalized spacial score (nSPS) is 15.0. The van der Waals surface area contributed by atoms with E-state index >= 15 is 0 Å². The van der Waals surface area contributed by atoms with E-state index in [0.29, 0.717) is 30.7 Å². The van der Waals surface area contributed by atoms with Gasteiger partial charge in [-0.25, -0.2) is 9.37 Å². The molecule has 2 aromatic carbocycles. The summed E-state index contributed by atoms with van der Waals surface area (Å²) in [5.74, 6) is 2.59. The summed E-state index contributed by atoms with van der Waals surface area (Å²) in [6.07, 6.45) is 2.07. The van der Waals surface area contributed by atoms with Crippen LogP contribution < -0.4 is 15.4 Å². The largest absolute Gasteiger partial charge is 0.497 e. The van der Waals surface area contributed by atoms with Crippen molar-refractivity contribution in [1.29, 1.82) is 0 Å². The molecule has 1 saturated carbocycles. The molecule has 1 aliphatic rings. The molecule has 1 fully saturated rings. The molecule has 1 aliphatic carbocycles. The van der Waals surface area contributed by atoms with Crippen molar-refractivity contribution in [3.05, 3.63) is 65.7 Å². The lowest BCUT2D eigenvalue weighted by Gasteiger charge is -2.19. The van der Waals surface area contributed by atoms with E-state index < -0.39 is 0 Å². The number of H-pyrrole nitrogens is 1. The molecule has 8 heteroatoms. The monoisotopic (exact) mass is 408 g/mol. The highest BCUT2D eigenvalue weighted by molar-refractivity contribution is 5.79. The lowest BCUT2D eigenvalue weighted by atomic mass is 9.96. The van der Waals surface area contributed by atoms with Crippen LogP contribution in [0.1, 0.15) is 24.2 Å². The van der Waals surface area contributed by atoms with Crippen LogP contribution >= 0.6 is 0 Å². The van der Waals surface area contributed by atoms with Gasteiger partial charge in [0.1, 0.15) is 17.4 Å². The minimum absolute atomic E-state index is 0.0203. The second kappa shape index (κ2) is 8.52. The van der Waals surface area contributed by atoms with Crippen LogP contribution in [-0.2, 0) is 12.0 Å². The highest BCUT2D eigenvalue weighted by Crippen LogP contribution is 2.47. The van der Waals surface area contributed by atoms with Crippen LogP contribution in [0.15, 0.2) is 53.5 Å². The van der Waals surface area contributed by atoms with Gasteiger partial charge in [-0.2, -0.15) is 5.10 Å². The van der Waals surface area contributed by atoms with E-state index in [2.05, 4.69) is 30.8 Å². The number of aliphatic imine (C=N–C) groups is 1. The molecule has 0 saturated heterocycles. The number of benzene rings is 2. The molecule has 3 aromatic rings. The van der Waals surface area contributed by atoms with Crippen molar-refractivity contribution in [3.8, 4) is 17.1 Å². The number of halogens is 1. The molecule has 0 unspecified atom stereocenters. The van der Waals surface area contributed by atoms with E-state index in [1.807, 2.05) is 30.3 Å². The second-order valence-corrected chi connectivity index (χ2v) is 7.40. The Morgan fingerprint density at radius 1 is 1.20 bits per heavy atom. The summed E-state index contributed by atoms with van der Waals surface area (Å²) in [5.41, 5.74) is 1.92. The Hall–Kier alpha value is -3.42. The first-order valence-electron chi connectivity index (χ1n) is 9.88. The number of nitrogens with one attached hydrogen (secondary N) is 3. The quantitative estimate of drug-likeness (QED) is 0.413. The smallest absolute Gasteiger partial charge is 0.191 e. The first kappa shape index (κ1) is 19.9. The molecule has 0 spiro atoms. The van der Waals surface area contributed by atoms with Gasteiger partial charge in [0, 0.05) is 24.6 Å². The van der Waals surface area contributed by atoms with Gasteiger partial charge in [0.15, 0.2) is 11.8 Å². The van der Waals surface area contributed by atoms with Crippen molar-refractivity contribution >= 4 is 5.96 Å². The molecule has 156 valence electrons. The van der Waals surface area contributed by atoms with E-state index in [1.165, 1.54) is 6.07 Å². The van der Waals surface area contributed by atoms with Gasteiger partial charge in [-0.1, -0.05) is 12.1 Å². The van der Waals surface area contributed by atoms with E-state index in [9.17, 15) is 4.39 Å². The van der Waals surface area contributed by atoms with Gasteiger partial charge in [0.25, 0.3) is 0 Å². The third kappa shape index (κ3) is 4.42. The van der Waals surface area contributed by atoms with Crippen LogP contribution in [0, 0.1) is 5.82 Å². The van der Waals surface area contributed by atoms with E-state index in [-0.39, 0.29) is 11.2 Å². The highest BCUT2D eigenvalue weighted by Gasteiger charge is 2.44. The molecule has 0 aliphatic heterocycles. The van der Waals surface area contributed by atoms with Crippen molar-refractivity contribution in [2.24, 2.45) is 4.99 Å². The molecule has 4 rings (SSSR count). The third-order valence-electron chi connectivity index (χ3n) is 5.41. The predicted molar refractivity (Wildman–Crippen MR) is 114 cm³/mol. The summed E-state index contributed by atoms with van der Waals surface area (Å²) in [6.45, 7) is 1.15. The van der Waals surface area contributed by atoms with Gasteiger partial charge >= 0.3 is 0 Å². The molecular weight excluding hydrogens is 383 g/mol. The lowest BCUT2D eigenvalue weighted by Crippen LogP contribution is -2.41. The summed E-state index contributed by atoms with van der Waals surface area (Å²) in [5, 5.41) is 13.8. The van der Waals surface area contributed by atoms with Gasteiger partial charge in [-0.15, -0.1) is 0 Å².